The molecule has 2 aromatic carbocycles. The van der Waals surface area contributed by atoms with Crippen LogP contribution in [0.15, 0.2) is 59.2 Å². The molecule has 4 heteroatoms. The van der Waals surface area contributed by atoms with E-state index in [0.29, 0.717) is 23.3 Å². The molecule has 3 aromatic rings. The molecule has 0 radical (unpaired) electrons. The predicted molar refractivity (Wildman–Crippen MR) is 81.4 cm³/mol. The molecular weight excluding hydrogens is 266 g/mol. The molecule has 0 aliphatic heterocycles. The lowest BCUT2D eigenvalue weighted by molar-refractivity contribution is 0.102. The molecule has 1 heterocycles. The van der Waals surface area contributed by atoms with Crippen LogP contribution in [-0.2, 0) is 6.42 Å². The molecule has 0 spiro atoms. The second-order valence-electron chi connectivity index (χ2n) is 4.77. The van der Waals surface area contributed by atoms with Crippen LogP contribution >= 0.6 is 0 Å². The van der Waals surface area contributed by atoms with E-state index in [1.54, 1.807) is 0 Å². The zero-order chi connectivity index (χ0) is 14.7. The summed E-state index contributed by atoms with van der Waals surface area (Å²) in [6.07, 6.45) is 2.08. The Morgan fingerprint density at radius 1 is 1.10 bits per heavy atom. The Morgan fingerprint density at radius 3 is 2.62 bits per heavy atom. The molecule has 3 rings (SSSR count). The second kappa shape index (κ2) is 5.81. The van der Waals surface area contributed by atoms with Gasteiger partial charge in [-0.15, -0.1) is 0 Å². The third-order valence-corrected chi connectivity index (χ3v) is 3.34. The zero-order valence-corrected chi connectivity index (χ0v) is 11.4. The number of para-hydroxylation sites is 1. The second-order valence-corrected chi connectivity index (χ2v) is 4.77. The maximum absolute atomic E-state index is 12.3. The summed E-state index contributed by atoms with van der Waals surface area (Å²) in [4.78, 5) is 12.3. The molecule has 0 aliphatic carbocycles. The van der Waals surface area contributed by atoms with Crippen molar-refractivity contribution >= 4 is 22.6 Å². The van der Waals surface area contributed by atoms with E-state index in [-0.39, 0.29) is 12.5 Å². The van der Waals surface area contributed by atoms with Gasteiger partial charge in [0.25, 0.3) is 5.91 Å². The fourth-order valence-electron chi connectivity index (χ4n) is 2.24. The Morgan fingerprint density at radius 2 is 1.86 bits per heavy atom. The molecule has 4 nitrogen and oxygen atoms in total. The van der Waals surface area contributed by atoms with E-state index in [9.17, 15) is 4.79 Å². The molecule has 106 valence electrons. The van der Waals surface area contributed by atoms with Gasteiger partial charge < -0.3 is 14.8 Å². The first-order valence-electron chi connectivity index (χ1n) is 6.75. The van der Waals surface area contributed by atoms with E-state index in [1.165, 1.54) is 6.26 Å². The number of aliphatic hydroxyl groups excluding tert-OH is 1. The van der Waals surface area contributed by atoms with Crippen molar-refractivity contribution in [2.75, 3.05) is 11.9 Å². The van der Waals surface area contributed by atoms with E-state index >= 15 is 0 Å². The number of aliphatic hydroxyl groups is 1. The number of nitrogens with one attached hydrogen (secondary N) is 1. The van der Waals surface area contributed by atoms with Crippen LogP contribution in [0.25, 0.3) is 11.0 Å². The topological polar surface area (TPSA) is 62.5 Å². The molecule has 0 atom stereocenters. The molecule has 2 N–H and O–H groups in total. The first kappa shape index (κ1) is 13.4. The number of amides is 1. The first-order chi connectivity index (χ1) is 10.3. The summed E-state index contributed by atoms with van der Waals surface area (Å²) >= 11 is 0. The standard InChI is InChI=1S/C17H15NO3/c19-10-9-12-5-7-13(8-6-12)18-17(20)15-11-21-16-4-2-1-3-14(15)16/h1-8,11,19H,9-10H2,(H,18,20). The van der Waals surface area contributed by atoms with Crippen molar-refractivity contribution in [1.29, 1.82) is 0 Å². The summed E-state index contributed by atoms with van der Waals surface area (Å²) < 4.78 is 5.37. The number of carbonyl (C=O) groups is 1. The molecule has 21 heavy (non-hydrogen) atoms. The monoisotopic (exact) mass is 281 g/mol. The fraction of sp³-hybridized carbons (Fsp3) is 0.118. The summed E-state index contributed by atoms with van der Waals surface area (Å²) in [5, 5.41) is 12.5. The summed E-state index contributed by atoms with van der Waals surface area (Å²) in [5.41, 5.74) is 2.96. The minimum absolute atomic E-state index is 0.118. The number of hydrogen-bond acceptors (Lipinski definition) is 3. The van der Waals surface area contributed by atoms with Gasteiger partial charge in [0.15, 0.2) is 0 Å². The van der Waals surface area contributed by atoms with Gasteiger partial charge in [-0.3, -0.25) is 4.79 Å². The summed E-state index contributed by atoms with van der Waals surface area (Å²) in [5.74, 6) is -0.199. The van der Waals surface area contributed by atoms with E-state index in [2.05, 4.69) is 5.32 Å². The maximum Gasteiger partial charge on any atom is 0.259 e. The normalized spacial score (nSPS) is 10.7. The van der Waals surface area contributed by atoms with Crippen LogP contribution in [-0.4, -0.2) is 17.6 Å². The average Bonchev–Trinajstić information content (AvgIpc) is 2.93. The largest absolute Gasteiger partial charge is 0.463 e. The number of fused-ring (bicyclic) bond motifs is 1. The highest BCUT2D eigenvalue weighted by atomic mass is 16.3. The van der Waals surface area contributed by atoms with Gasteiger partial charge in [0.1, 0.15) is 11.8 Å². The van der Waals surface area contributed by atoms with Crippen molar-refractivity contribution < 1.29 is 14.3 Å². The third-order valence-electron chi connectivity index (χ3n) is 3.34. The molecular formula is C17H15NO3. The smallest absolute Gasteiger partial charge is 0.259 e. The van der Waals surface area contributed by atoms with Gasteiger partial charge >= 0.3 is 0 Å². The number of carbonyl (C=O) groups excluding carboxylic acids is 1. The zero-order valence-electron chi connectivity index (χ0n) is 11.4. The predicted octanol–water partition coefficient (Wildman–Crippen LogP) is 3.22. The van der Waals surface area contributed by atoms with Gasteiger partial charge in [-0.25, -0.2) is 0 Å². The molecule has 0 bridgehead atoms. The van der Waals surface area contributed by atoms with Crippen LogP contribution in [0.2, 0.25) is 0 Å². The number of rotatable bonds is 4. The maximum atomic E-state index is 12.3. The molecule has 1 aromatic heterocycles. The lowest BCUT2D eigenvalue weighted by atomic mass is 10.1. The highest BCUT2D eigenvalue weighted by Crippen LogP contribution is 2.22. The van der Waals surface area contributed by atoms with Crippen LogP contribution in [0.3, 0.4) is 0 Å². The Bertz CT molecular complexity index is 759. The van der Waals surface area contributed by atoms with Crippen molar-refractivity contribution in [1.82, 2.24) is 0 Å². The Balaban J connectivity index is 1.79. The third kappa shape index (κ3) is 2.80. The van der Waals surface area contributed by atoms with E-state index in [1.807, 2.05) is 48.5 Å². The van der Waals surface area contributed by atoms with Gasteiger partial charge in [0.05, 0.1) is 5.56 Å². The SMILES string of the molecule is O=C(Nc1ccc(CCO)cc1)c1coc2ccccc12. The number of hydrogen-bond donors (Lipinski definition) is 2. The van der Waals surface area contributed by atoms with Crippen molar-refractivity contribution in [3.63, 3.8) is 0 Å². The Kier molecular flexibility index (Phi) is 3.71. The van der Waals surface area contributed by atoms with Gasteiger partial charge in [-0.05, 0) is 30.2 Å². The minimum atomic E-state index is -0.199. The lowest BCUT2D eigenvalue weighted by Crippen LogP contribution is -2.11. The minimum Gasteiger partial charge on any atom is -0.463 e. The fourth-order valence-corrected chi connectivity index (χ4v) is 2.24. The summed E-state index contributed by atoms with van der Waals surface area (Å²) in [7, 11) is 0. The van der Waals surface area contributed by atoms with Crippen molar-refractivity contribution in [3.8, 4) is 0 Å². The van der Waals surface area contributed by atoms with E-state index in [4.69, 9.17) is 9.52 Å². The lowest BCUT2D eigenvalue weighted by Gasteiger charge is -2.05. The molecule has 0 aliphatic rings. The quantitative estimate of drug-likeness (QED) is 0.771. The van der Waals surface area contributed by atoms with Gasteiger partial charge in [-0.1, -0.05) is 30.3 Å². The Hall–Kier alpha value is -2.59. The van der Waals surface area contributed by atoms with Crippen LogP contribution < -0.4 is 5.32 Å². The average molecular weight is 281 g/mol. The molecule has 0 saturated heterocycles. The van der Waals surface area contributed by atoms with Gasteiger partial charge in [0.2, 0.25) is 0 Å². The molecule has 0 saturated carbocycles. The first-order valence-corrected chi connectivity index (χ1v) is 6.75. The number of benzene rings is 2. The van der Waals surface area contributed by atoms with Crippen LogP contribution in [0.5, 0.6) is 0 Å². The van der Waals surface area contributed by atoms with Crippen molar-refractivity contribution in [2.45, 2.75) is 6.42 Å². The van der Waals surface area contributed by atoms with E-state index in [0.717, 1.165) is 10.9 Å². The van der Waals surface area contributed by atoms with Crippen LogP contribution in [0.1, 0.15) is 15.9 Å². The highest BCUT2D eigenvalue weighted by Gasteiger charge is 2.13. The highest BCUT2D eigenvalue weighted by molar-refractivity contribution is 6.12. The van der Waals surface area contributed by atoms with Gasteiger partial charge in [-0.2, -0.15) is 0 Å². The molecule has 0 fully saturated rings. The van der Waals surface area contributed by atoms with Gasteiger partial charge in [0, 0.05) is 17.7 Å². The number of furan rings is 1. The molecule has 0 unspecified atom stereocenters. The van der Waals surface area contributed by atoms with Crippen molar-refractivity contribution in [2.24, 2.45) is 0 Å². The van der Waals surface area contributed by atoms with Crippen LogP contribution in [0, 0.1) is 0 Å². The van der Waals surface area contributed by atoms with Crippen LogP contribution in [0.4, 0.5) is 5.69 Å². The van der Waals surface area contributed by atoms with E-state index < -0.39 is 0 Å². The Labute approximate surface area is 122 Å². The summed E-state index contributed by atoms with van der Waals surface area (Å²) in [6.45, 7) is 0.118. The molecule has 1 amide bonds. The number of anilines is 1. The summed E-state index contributed by atoms with van der Waals surface area (Å²) in [6, 6.07) is 14.9. The van der Waals surface area contributed by atoms with Crippen molar-refractivity contribution in [3.05, 3.63) is 65.9 Å².